The van der Waals surface area contributed by atoms with E-state index < -0.39 is 5.91 Å². The second kappa shape index (κ2) is 5.81. The number of aromatic nitrogens is 1. The van der Waals surface area contributed by atoms with Gasteiger partial charge in [0.2, 0.25) is 5.91 Å². The number of hydrogen-bond donors (Lipinski definition) is 1. The summed E-state index contributed by atoms with van der Waals surface area (Å²) in [5.41, 5.74) is 9.78. The number of nitriles is 1. The van der Waals surface area contributed by atoms with Crippen molar-refractivity contribution in [1.82, 2.24) is 4.57 Å². The van der Waals surface area contributed by atoms with Crippen LogP contribution in [0.1, 0.15) is 21.5 Å². The first-order chi connectivity index (χ1) is 12.2. The van der Waals surface area contributed by atoms with Gasteiger partial charge in [-0.15, -0.1) is 0 Å². The minimum atomic E-state index is -0.431. The zero-order chi connectivity index (χ0) is 17.4. The van der Waals surface area contributed by atoms with E-state index in [2.05, 4.69) is 10.6 Å². The van der Waals surface area contributed by atoms with Crippen LogP contribution in [0.5, 0.6) is 0 Å². The predicted octanol–water partition coefficient (Wildman–Crippen LogP) is 3.81. The Balaban J connectivity index is 2.01. The van der Waals surface area contributed by atoms with Crippen LogP contribution >= 0.6 is 0 Å². The number of carbonyl (C=O) groups is 1. The Hall–Kier alpha value is -3.58. The van der Waals surface area contributed by atoms with E-state index in [9.17, 15) is 4.79 Å². The van der Waals surface area contributed by atoms with Crippen LogP contribution in [-0.4, -0.2) is 10.5 Å². The minimum Gasteiger partial charge on any atom is -0.366 e. The third-order valence-electron chi connectivity index (χ3n) is 4.46. The van der Waals surface area contributed by atoms with E-state index in [0.29, 0.717) is 17.7 Å². The standard InChI is InChI=1S/C21H15N3O/c22-12-14-5-3-6-15(11-14)13-24-18-9-2-1-7-16(18)20-17(21(23)25)8-4-10-19(20)24/h1-11H,13H2,(H2,23,25). The molecule has 1 aromatic heterocycles. The van der Waals surface area contributed by atoms with E-state index in [-0.39, 0.29) is 0 Å². The molecule has 0 atom stereocenters. The number of fused-ring (bicyclic) bond motifs is 3. The van der Waals surface area contributed by atoms with Crippen LogP contribution < -0.4 is 5.73 Å². The van der Waals surface area contributed by atoms with E-state index in [0.717, 1.165) is 27.4 Å². The molecule has 1 amide bonds. The summed E-state index contributed by atoms with van der Waals surface area (Å²) < 4.78 is 2.16. The molecule has 0 bridgehead atoms. The molecule has 0 saturated heterocycles. The fourth-order valence-electron chi connectivity index (χ4n) is 3.40. The molecule has 0 saturated carbocycles. The Morgan fingerprint density at radius 2 is 1.76 bits per heavy atom. The first-order valence-electron chi connectivity index (χ1n) is 7.98. The van der Waals surface area contributed by atoms with E-state index in [1.807, 2.05) is 54.6 Å². The molecule has 0 aliphatic carbocycles. The molecule has 0 radical (unpaired) electrons. The second-order valence-corrected chi connectivity index (χ2v) is 5.98. The molecule has 4 aromatic rings. The number of primary amides is 1. The van der Waals surface area contributed by atoms with Crippen molar-refractivity contribution in [2.24, 2.45) is 5.73 Å². The normalized spacial score (nSPS) is 10.8. The van der Waals surface area contributed by atoms with Gasteiger partial charge in [-0.05, 0) is 35.9 Å². The number of carbonyl (C=O) groups excluding carboxylic acids is 1. The molecule has 1 heterocycles. The third-order valence-corrected chi connectivity index (χ3v) is 4.46. The molecule has 0 unspecified atom stereocenters. The van der Waals surface area contributed by atoms with Crippen molar-refractivity contribution in [2.75, 3.05) is 0 Å². The molecule has 4 nitrogen and oxygen atoms in total. The molecule has 4 rings (SSSR count). The Morgan fingerprint density at radius 1 is 1.00 bits per heavy atom. The minimum absolute atomic E-state index is 0.431. The van der Waals surface area contributed by atoms with Gasteiger partial charge in [-0.2, -0.15) is 5.26 Å². The maximum absolute atomic E-state index is 11.9. The lowest BCUT2D eigenvalue weighted by atomic mass is 10.1. The van der Waals surface area contributed by atoms with Crippen LogP contribution in [0.25, 0.3) is 21.8 Å². The lowest BCUT2D eigenvalue weighted by molar-refractivity contribution is 0.100. The summed E-state index contributed by atoms with van der Waals surface area (Å²) in [5, 5.41) is 11.0. The summed E-state index contributed by atoms with van der Waals surface area (Å²) >= 11 is 0. The van der Waals surface area contributed by atoms with Crippen molar-refractivity contribution in [1.29, 1.82) is 5.26 Å². The highest BCUT2D eigenvalue weighted by molar-refractivity contribution is 6.17. The summed E-state index contributed by atoms with van der Waals surface area (Å²) in [7, 11) is 0. The Kier molecular flexibility index (Phi) is 3.48. The van der Waals surface area contributed by atoms with Crippen molar-refractivity contribution in [2.45, 2.75) is 6.54 Å². The zero-order valence-electron chi connectivity index (χ0n) is 13.4. The van der Waals surface area contributed by atoms with Gasteiger partial charge in [-0.25, -0.2) is 0 Å². The highest BCUT2D eigenvalue weighted by atomic mass is 16.1. The smallest absolute Gasteiger partial charge is 0.249 e. The fraction of sp³-hybridized carbons (Fsp3) is 0.0476. The third kappa shape index (κ3) is 2.43. The zero-order valence-corrected chi connectivity index (χ0v) is 13.4. The average Bonchev–Trinajstić information content (AvgIpc) is 2.96. The molecule has 2 N–H and O–H groups in total. The Bertz CT molecular complexity index is 1160. The highest BCUT2D eigenvalue weighted by Gasteiger charge is 2.16. The Labute approximate surface area is 144 Å². The number of para-hydroxylation sites is 1. The van der Waals surface area contributed by atoms with Gasteiger partial charge in [0.1, 0.15) is 0 Å². The van der Waals surface area contributed by atoms with Crippen LogP contribution in [0.3, 0.4) is 0 Å². The van der Waals surface area contributed by atoms with Crippen LogP contribution in [0.15, 0.2) is 66.7 Å². The lowest BCUT2D eigenvalue weighted by Gasteiger charge is -2.08. The maximum Gasteiger partial charge on any atom is 0.249 e. The predicted molar refractivity (Wildman–Crippen MR) is 98.2 cm³/mol. The van der Waals surface area contributed by atoms with Crippen LogP contribution in [-0.2, 0) is 6.54 Å². The van der Waals surface area contributed by atoms with E-state index in [4.69, 9.17) is 11.0 Å². The molecular formula is C21H15N3O. The van der Waals surface area contributed by atoms with Crippen molar-refractivity contribution in [3.63, 3.8) is 0 Å². The van der Waals surface area contributed by atoms with Gasteiger partial charge >= 0.3 is 0 Å². The molecule has 0 spiro atoms. The maximum atomic E-state index is 11.9. The summed E-state index contributed by atoms with van der Waals surface area (Å²) in [6.45, 7) is 0.613. The monoisotopic (exact) mass is 325 g/mol. The number of rotatable bonds is 3. The van der Waals surface area contributed by atoms with Gasteiger partial charge in [0.15, 0.2) is 0 Å². The SMILES string of the molecule is N#Cc1cccc(Cn2c3ccccc3c3c(C(N)=O)cccc32)c1. The molecule has 0 fully saturated rings. The van der Waals surface area contributed by atoms with Gasteiger partial charge in [0, 0.05) is 28.4 Å². The largest absolute Gasteiger partial charge is 0.366 e. The summed E-state index contributed by atoms with van der Waals surface area (Å²) in [6, 6.07) is 23.3. The van der Waals surface area contributed by atoms with E-state index >= 15 is 0 Å². The average molecular weight is 325 g/mol. The number of nitrogens with two attached hydrogens (primary N) is 1. The summed E-state index contributed by atoms with van der Waals surface area (Å²) in [6.07, 6.45) is 0. The van der Waals surface area contributed by atoms with Crippen molar-refractivity contribution in [3.05, 3.63) is 83.4 Å². The van der Waals surface area contributed by atoms with Crippen molar-refractivity contribution < 1.29 is 4.79 Å². The first kappa shape index (κ1) is 15.0. The van der Waals surface area contributed by atoms with Crippen molar-refractivity contribution >= 4 is 27.7 Å². The molecule has 0 aliphatic rings. The second-order valence-electron chi connectivity index (χ2n) is 5.98. The van der Waals surface area contributed by atoms with Crippen molar-refractivity contribution in [3.8, 4) is 6.07 Å². The molecule has 25 heavy (non-hydrogen) atoms. The first-order valence-corrected chi connectivity index (χ1v) is 7.98. The number of nitrogens with zero attached hydrogens (tertiary/aromatic N) is 2. The van der Waals surface area contributed by atoms with Gasteiger partial charge < -0.3 is 10.3 Å². The fourth-order valence-corrected chi connectivity index (χ4v) is 3.40. The van der Waals surface area contributed by atoms with Gasteiger partial charge in [-0.1, -0.05) is 36.4 Å². The molecule has 0 aliphatic heterocycles. The van der Waals surface area contributed by atoms with Crippen LogP contribution in [0, 0.1) is 11.3 Å². The number of hydrogen-bond acceptors (Lipinski definition) is 2. The summed E-state index contributed by atoms with van der Waals surface area (Å²) in [4.78, 5) is 11.9. The quantitative estimate of drug-likeness (QED) is 0.622. The molecule has 120 valence electrons. The highest BCUT2D eigenvalue weighted by Crippen LogP contribution is 2.32. The molecule has 3 aromatic carbocycles. The van der Waals surface area contributed by atoms with Crippen LogP contribution in [0.4, 0.5) is 0 Å². The van der Waals surface area contributed by atoms with Gasteiger partial charge in [0.05, 0.1) is 17.1 Å². The lowest BCUT2D eigenvalue weighted by Crippen LogP contribution is -2.11. The molecular weight excluding hydrogens is 310 g/mol. The number of benzene rings is 3. The number of amides is 1. The summed E-state index contributed by atoms with van der Waals surface area (Å²) in [5.74, 6) is -0.431. The molecule has 4 heteroatoms. The topological polar surface area (TPSA) is 71.8 Å². The van der Waals surface area contributed by atoms with Gasteiger partial charge in [-0.3, -0.25) is 4.79 Å². The van der Waals surface area contributed by atoms with E-state index in [1.165, 1.54) is 0 Å². The van der Waals surface area contributed by atoms with Crippen LogP contribution in [0.2, 0.25) is 0 Å². The van der Waals surface area contributed by atoms with Gasteiger partial charge in [0.25, 0.3) is 0 Å². The Morgan fingerprint density at radius 3 is 2.56 bits per heavy atom. The van der Waals surface area contributed by atoms with E-state index in [1.54, 1.807) is 12.1 Å².